The van der Waals surface area contributed by atoms with Gasteiger partial charge < -0.3 is 30.2 Å². The number of aliphatic imine (C=N–C) groups is 1. The van der Waals surface area contributed by atoms with Crippen LogP contribution in [0, 0.1) is 0 Å². The Morgan fingerprint density at radius 3 is 2.49 bits per heavy atom. The van der Waals surface area contributed by atoms with E-state index in [1.165, 1.54) is 9.80 Å². The molecule has 0 spiro atoms. The minimum absolute atomic E-state index is 0.0846. The molecule has 2 aromatic carbocycles. The van der Waals surface area contributed by atoms with E-state index in [0.29, 0.717) is 50.6 Å². The lowest BCUT2D eigenvalue weighted by Gasteiger charge is -2.39. The van der Waals surface area contributed by atoms with Crippen molar-refractivity contribution in [3.8, 4) is 0 Å². The molecule has 1 fully saturated rings. The Balaban J connectivity index is 1.30. The number of aldehydes is 1. The first-order valence-electron chi connectivity index (χ1n) is 15.9. The summed E-state index contributed by atoms with van der Waals surface area (Å²) in [5.74, 6) is -0.885. The number of likely N-dealkylation sites (tertiary alicyclic amines) is 1. The number of ether oxygens (including phenoxy) is 2. The summed E-state index contributed by atoms with van der Waals surface area (Å²) in [4.78, 5) is 71.5. The maximum atomic E-state index is 14.0. The Morgan fingerprint density at radius 1 is 1.04 bits per heavy atom. The summed E-state index contributed by atoms with van der Waals surface area (Å²) in [5, 5.41) is 5.10. The standard InChI is InChI=1S/C34H44N6O7/c1-34(2,3)47-33(45)40-26-15-8-7-13-24(26)17-18-28(40)30(43)39-20-10-16-27(39)29(42)37-25(21-41)14-9-19-36-31(35)38-32(44)46-22-23-11-5-4-6-12-23/h4-8,11-13,15,21,25,27-28H,9-10,14,16-20,22H2,1-3H3,(H,37,42)(H3,35,36,38,44)/t25-,27-,28?/m0/s1. The third-order valence-corrected chi connectivity index (χ3v) is 7.85. The molecule has 0 aromatic heterocycles. The number of guanidine groups is 1. The van der Waals surface area contributed by atoms with Crippen LogP contribution in [0.5, 0.6) is 0 Å². The molecule has 13 nitrogen and oxygen atoms in total. The predicted molar refractivity (Wildman–Crippen MR) is 175 cm³/mol. The van der Waals surface area contributed by atoms with Crippen molar-refractivity contribution in [2.75, 3.05) is 18.0 Å². The molecule has 1 saturated heterocycles. The zero-order valence-electron chi connectivity index (χ0n) is 27.1. The molecule has 2 heterocycles. The van der Waals surface area contributed by atoms with E-state index >= 15 is 0 Å². The molecule has 0 aliphatic carbocycles. The molecule has 2 aromatic rings. The van der Waals surface area contributed by atoms with Crippen molar-refractivity contribution < 1.29 is 33.4 Å². The van der Waals surface area contributed by atoms with Crippen LogP contribution < -0.4 is 21.3 Å². The Labute approximate surface area is 274 Å². The summed E-state index contributed by atoms with van der Waals surface area (Å²) in [6.07, 6.45) is 1.99. The van der Waals surface area contributed by atoms with Crippen LogP contribution in [0.1, 0.15) is 64.0 Å². The van der Waals surface area contributed by atoms with Gasteiger partial charge in [0.05, 0.1) is 11.7 Å². The highest BCUT2D eigenvalue weighted by atomic mass is 16.6. The van der Waals surface area contributed by atoms with Gasteiger partial charge in [0.2, 0.25) is 11.8 Å². The summed E-state index contributed by atoms with van der Waals surface area (Å²) >= 11 is 0. The van der Waals surface area contributed by atoms with Crippen LogP contribution in [0.2, 0.25) is 0 Å². The predicted octanol–water partition coefficient (Wildman–Crippen LogP) is 3.44. The van der Waals surface area contributed by atoms with E-state index in [1.54, 1.807) is 26.8 Å². The zero-order valence-corrected chi connectivity index (χ0v) is 27.1. The van der Waals surface area contributed by atoms with Gasteiger partial charge in [0, 0.05) is 13.1 Å². The molecule has 3 atom stereocenters. The Hall–Kier alpha value is -4.94. The van der Waals surface area contributed by atoms with Crippen LogP contribution in [-0.2, 0) is 36.9 Å². The van der Waals surface area contributed by atoms with Crippen LogP contribution in [0.4, 0.5) is 15.3 Å². The van der Waals surface area contributed by atoms with Crippen molar-refractivity contribution >= 4 is 41.9 Å². The van der Waals surface area contributed by atoms with Gasteiger partial charge in [-0.3, -0.25) is 24.8 Å². The smallest absolute Gasteiger partial charge is 0.415 e. The SMILES string of the molecule is CC(C)(C)OC(=O)N1c2ccccc2CCC1C(=O)N1CCC[C@H]1C(=O)N[C@H](C=O)CCCN=C(N)NC(=O)OCc1ccccc1. The first-order valence-corrected chi connectivity index (χ1v) is 15.9. The number of aryl methyl sites for hydroxylation is 1. The number of amides is 4. The Morgan fingerprint density at radius 2 is 1.77 bits per heavy atom. The van der Waals surface area contributed by atoms with Gasteiger partial charge in [0.1, 0.15) is 30.6 Å². The van der Waals surface area contributed by atoms with Gasteiger partial charge in [-0.2, -0.15) is 0 Å². The number of alkyl carbamates (subject to hydrolysis) is 1. The number of nitrogens with zero attached hydrogens (tertiary/aromatic N) is 3. The molecule has 1 unspecified atom stereocenters. The minimum Gasteiger partial charge on any atom is -0.444 e. The fourth-order valence-electron chi connectivity index (χ4n) is 5.68. The number of carbonyl (C=O) groups excluding carboxylic acids is 5. The van der Waals surface area contributed by atoms with E-state index in [9.17, 15) is 24.0 Å². The van der Waals surface area contributed by atoms with Crippen LogP contribution >= 0.6 is 0 Å². The van der Waals surface area contributed by atoms with Gasteiger partial charge in [-0.25, -0.2) is 9.59 Å². The van der Waals surface area contributed by atoms with Crippen molar-refractivity contribution in [2.24, 2.45) is 10.7 Å². The molecule has 4 amide bonds. The third kappa shape index (κ3) is 9.77. The molecule has 0 saturated carbocycles. The highest BCUT2D eigenvalue weighted by Crippen LogP contribution is 2.34. The monoisotopic (exact) mass is 648 g/mol. The largest absolute Gasteiger partial charge is 0.444 e. The molecule has 252 valence electrons. The van der Waals surface area contributed by atoms with Crippen molar-refractivity contribution in [2.45, 2.75) is 89.6 Å². The Bertz CT molecular complexity index is 1460. The molecule has 0 radical (unpaired) electrons. The van der Waals surface area contributed by atoms with E-state index in [0.717, 1.165) is 11.1 Å². The molecule has 4 rings (SSSR count). The van der Waals surface area contributed by atoms with E-state index in [-0.39, 0.29) is 31.4 Å². The topological polar surface area (TPSA) is 173 Å². The van der Waals surface area contributed by atoms with E-state index in [2.05, 4.69) is 15.6 Å². The van der Waals surface area contributed by atoms with Gasteiger partial charge in [-0.1, -0.05) is 48.5 Å². The number of fused-ring (bicyclic) bond motifs is 1. The number of carbonyl (C=O) groups is 5. The lowest BCUT2D eigenvalue weighted by Crippen LogP contribution is -2.57. The minimum atomic E-state index is -0.831. The molecule has 2 aliphatic heterocycles. The van der Waals surface area contributed by atoms with Gasteiger partial charge in [-0.15, -0.1) is 0 Å². The fourth-order valence-corrected chi connectivity index (χ4v) is 5.68. The summed E-state index contributed by atoms with van der Waals surface area (Å²) in [7, 11) is 0. The molecule has 0 bridgehead atoms. The number of hydrogen-bond acceptors (Lipinski definition) is 8. The lowest BCUT2D eigenvalue weighted by atomic mass is 9.95. The fraction of sp³-hybridized carbons (Fsp3) is 0.471. The number of anilines is 1. The van der Waals surface area contributed by atoms with E-state index in [4.69, 9.17) is 15.2 Å². The van der Waals surface area contributed by atoms with Crippen LogP contribution in [-0.4, -0.2) is 78.0 Å². The summed E-state index contributed by atoms with van der Waals surface area (Å²) < 4.78 is 10.8. The van der Waals surface area contributed by atoms with Crippen molar-refractivity contribution in [1.29, 1.82) is 0 Å². The first-order chi connectivity index (χ1) is 22.5. The maximum Gasteiger partial charge on any atom is 0.415 e. The van der Waals surface area contributed by atoms with Crippen molar-refractivity contribution in [1.82, 2.24) is 15.5 Å². The second-order valence-electron chi connectivity index (χ2n) is 12.6. The second-order valence-corrected chi connectivity index (χ2v) is 12.6. The average molecular weight is 649 g/mol. The molecule has 4 N–H and O–H groups in total. The van der Waals surface area contributed by atoms with Gasteiger partial charge in [0.25, 0.3) is 0 Å². The van der Waals surface area contributed by atoms with Crippen molar-refractivity contribution in [3.63, 3.8) is 0 Å². The number of benzene rings is 2. The lowest BCUT2D eigenvalue weighted by molar-refractivity contribution is -0.140. The molecule has 2 aliphatic rings. The quantitative estimate of drug-likeness (QED) is 0.152. The summed E-state index contributed by atoms with van der Waals surface area (Å²) in [6.45, 7) is 5.94. The highest BCUT2D eigenvalue weighted by Gasteiger charge is 2.44. The number of rotatable bonds is 10. The van der Waals surface area contributed by atoms with Crippen LogP contribution in [0.15, 0.2) is 59.6 Å². The zero-order chi connectivity index (χ0) is 34.0. The maximum absolute atomic E-state index is 14.0. The van der Waals surface area contributed by atoms with E-state index < -0.39 is 41.8 Å². The number of hydrogen-bond donors (Lipinski definition) is 3. The first kappa shape index (κ1) is 34.9. The third-order valence-electron chi connectivity index (χ3n) is 7.85. The molecular weight excluding hydrogens is 604 g/mol. The molecule has 13 heteroatoms. The number of nitrogens with two attached hydrogens (primary N) is 1. The summed E-state index contributed by atoms with van der Waals surface area (Å²) in [5.41, 5.74) is 7.40. The highest BCUT2D eigenvalue weighted by molar-refractivity contribution is 6.00. The Kier molecular flexibility index (Phi) is 11.9. The van der Waals surface area contributed by atoms with Crippen LogP contribution in [0.25, 0.3) is 0 Å². The normalized spacial score (nSPS) is 18.5. The summed E-state index contributed by atoms with van der Waals surface area (Å²) in [6, 6.07) is 14.2. The van der Waals surface area contributed by atoms with Gasteiger partial charge in [-0.05, 0) is 76.5 Å². The second kappa shape index (κ2) is 16.1. The number of para-hydroxylation sites is 1. The van der Waals surface area contributed by atoms with Gasteiger partial charge in [0.15, 0.2) is 5.96 Å². The van der Waals surface area contributed by atoms with Crippen molar-refractivity contribution in [3.05, 3.63) is 65.7 Å². The molecular formula is C34H44N6O7. The number of nitrogens with one attached hydrogen (secondary N) is 2. The average Bonchev–Trinajstić information content (AvgIpc) is 3.54. The molecule has 47 heavy (non-hydrogen) atoms. The van der Waals surface area contributed by atoms with Crippen LogP contribution in [0.3, 0.4) is 0 Å². The van der Waals surface area contributed by atoms with Gasteiger partial charge >= 0.3 is 12.2 Å². The van der Waals surface area contributed by atoms with E-state index in [1.807, 2.05) is 48.5 Å².